The minimum atomic E-state index is -0.112. The van der Waals surface area contributed by atoms with Crippen molar-refractivity contribution >= 4 is 17.5 Å². The zero-order valence-electron chi connectivity index (χ0n) is 9.98. The predicted molar refractivity (Wildman–Crippen MR) is 64.2 cm³/mol. The molecule has 1 amide bonds. The van der Waals surface area contributed by atoms with Crippen LogP contribution >= 0.6 is 11.6 Å². The lowest BCUT2D eigenvalue weighted by atomic mass is 10.1. The van der Waals surface area contributed by atoms with Gasteiger partial charge in [0, 0.05) is 6.54 Å². The third kappa shape index (κ3) is 2.64. The summed E-state index contributed by atoms with van der Waals surface area (Å²) >= 11 is 5.68. The van der Waals surface area contributed by atoms with Crippen molar-refractivity contribution in [3.05, 3.63) is 23.1 Å². The fourth-order valence-corrected chi connectivity index (χ4v) is 2.15. The lowest BCUT2D eigenvalue weighted by Crippen LogP contribution is -2.51. The molecule has 0 aliphatic carbocycles. The van der Waals surface area contributed by atoms with Crippen molar-refractivity contribution in [1.82, 2.24) is 4.90 Å². The molecule has 1 fully saturated rings. The van der Waals surface area contributed by atoms with Crippen LogP contribution in [0.15, 0.2) is 16.5 Å². The molecule has 1 aromatic rings. The standard InChI is InChI=1S/C12H16ClNO3/c1-3-9-7-16-8(2)6-14(9)12(15)10-4-5-11(13)17-10/h4-5,8-9H,3,6-7H2,1-2H3. The SMILES string of the molecule is CCC1COC(C)CN1C(=O)c1ccc(Cl)o1. The predicted octanol–water partition coefficient (Wildman–Crippen LogP) is 2.57. The molecule has 2 unspecified atom stereocenters. The maximum absolute atomic E-state index is 12.2. The van der Waals surface area contributed by atoms with Crippen LogP contribution in [0.4, 0.5) is 0 Å². The Morgan fingerprint density at radius 2 is 2.35 bits per heavy atom. The highest BCUT2D eigenvalue weighted by atomic mass is 35.5. The first-order valence-corrected chi connectivity index (χ1v) is 6.17. The number of carbonyl (C=O) groups is 1. The zero-order valence-corrected chi connectivity index (χ0v) is 10.7. The Balaban J connectivity index is 2.16. The summed E-state index contributed by atoms with van der Waals surface area (Å²) in [6.07, 6.45) is 0.930. The number of rotatable bonds is 2. The lowest BCUT2D eigenvalue weighted by molar-refractivity contribution is -0.0453. The topological polar surface area (TPSA) is 42.7 Å². The molecule has 0 spiro atoms. The van der Waals surface area contributed by atoms with Crippen molar-refractivity contribution in [1.29, 1.82) is 0 Å². The zero-order chi connectivity index (χ0) is 12.4. The molecule has 2 rings (SSSR count). The minimum absolute atomic E-state index is 0.0622. The number of hydrogen-bond acceptors (Lipinski definition) is 3. The van der Waals surface area contributed by atoms with E-state index in [1.807, 2.05) is 18.7 Å². The molecule has 2 heterocycles. The second-order valence-electron chi connectivity index (χ2n) is 4.27. The molecular formula is C12H16ClNO3. The van der Waals surface area contributed by atoms with Gasteiger partial charge in [0.25, 0.3) is 5.91 Å². The van der Waals surface area contributed by atoms with E-state index >= 15 is 0 Å². The highest BCUT2D eigenvalue weighted by Crippen LogP contribution is 2.20. The van der Waals surface area contributed by atoms with E-state index in [1.54, 1.807) is 12.1 Å². The van der Waals surface area contributed by atoms with Gasteiger partial charge < -0.3 is 14.1 Å². The highest BCUT2D eigenvalue weighted by molar-refractivity contribution is 6.29. The van der Waals surface area contributed by atoms with Crippen molar-refractivity contribution < 1.29 is 13.9 Å². The van der Waals surface area contributed by atoms with Gasteiger partial charge in [-0.25, -0.2) is 0 Å². The van der Waals surface area contributed by atoms with Crippen LogP contribution in [0.1, 0.15) is 30.8 Å². The quantitative estimate of drug-likeness (QED) is 0.818. The summed E-state index contributed by atoms with van der Waals surface area (Å²) in [4.78, 5) is 14.1. The molecule has 1 aromatic heterocycles. The van der Waals surface area contributed by atoms with Gasteiger partial charge in [-0.3, -0.25) is 4.79 Å². The summed E-state index contributed by atoms with van der Waals surface area (Å²) in [5.41, 5.74) is 0. The number of halogens is 1. The van der Waals surface area contributed by atoms with Crippen molar-refractivity contribution in [2.24, 2.45) is 0 Å². The van der Waals surface area contributed by atoms with E-state index in [-0.39, 0.29) is 23.3 Å². The number of furan rings is 1. The molecule has 0 radical (unpaired) electrons. The molecule has 0 N–H and O–H groups in total. The van der Waals surface area contributed by atoms with E-state index < -0.39 is 0 Å². The van der Waals surface area contributed by atoms with Crippen LogP contribution in [0.3, 0.4) is 0 Å². The normalized spacial score (nSPS) is 25.0. The summed E-state index contributed by atoms with van der Waals surface area (Å²) in [7, 11) is 0. The molecule has 0 bridgehead atoms. The monoisotopic (exact) mass is 257 g/mol. The Morgan fingerprint density at radius 3 is 2.94 bits per heavy atom. The number of carbonyl (C=O) groups excluding carboxylic acids is 1. The van der Waals surface area contributed by atoms with Crippen molar-refractivity contribution in [3.63, 3.8) is 0 Å². The summed E-state index contributed by atoms with van der Waals surface area (Å²) < 4.78 is 10.7. The van der Waals surface area contributed by atoms with Gasteiger partial charge in [0.15, 0.2) is 11.0 Å². The van der Waals surface area contributed by atoms with Crippen LogP contribution in [-0.4, -0.2) is 36.1 Å². The van der Waals surface area contributed by atoms with Crippen LogP contribution in [0, 0.1) is 0 Å². The maximum atomic E-state index is 12.2. The second kappa shape index (κ2) is 5.10. The van der Waals surface area contributed by atoms with E-state index in [0.29, 0.717) is 18.9 Å². The van der Waals surface area contributed by atoms with Crippen molar-refractivity contribution in [3.8, 4) is 0 Å². The summed E-state index contributed by atoms with van der Waals surface area (Å²) in [5.74, 6) is 0.182. The third-order valence-corrected chi connectivity index (χ3v) is 3.19. The first-order chi connectivity index (χ1) is 8.11. The average molecular weight is 258 g/mol. The van der Waals surface area contributed by atoms with Gasteiger partial charge in [0.05, 0.1) is 18.8 Å². The fourth-order valence-electron chi connectivity index (χ4n) is 2.00. The number of hydrogen-bond donors (Lipinski definition) is 0. The van der Waals surface area contributed by atoms with Gasteiger partial charge in [-0.1, -0.05) is 6.92 Å². The van der Waals surface area contributed by atoms with Gasteiger partial charge >= 0.3 is 0 Å². The second-order valence-corrected chi connectivity index (χ2v) is 4.64. The fraction of sp³-hybridized carbons (Fsp3) is 0.583. The van der Waals surface area contributed by atoms with Gasteiger partial charge in [-0.2, -0.15) is 0 Å². The number of ether oxygens (including phenoxy) is 1. The molecule has 94 valence electrons. The van der Waals surface area contributed by atoms with Crippen LogP contribution in [0.2, 0.25) is 5.22 Å². The molecular weight excluding hydrogens is 242 g/mol. The molecule has 1 aliphatic rings. The Labute approximate surface area is 105 Å². The summed E-state index contributed by atoms with van der Waals surface area (Å²) in [6, 6.07) is 3.31. The third-order valence-electron chi connectivity index (χ3n) is 2.98. The van der Waals surface area contributed by atoms with Crippen LogP contribution < -0.4 is 0 Å². The number of amides is 1. The first kappa shape index (κ1) is 12.5. The van der Waals surface area contributed by atoms with E-state index in [9.17, 15) is 4.79 Å². The van der Waals surface area contributed by atoms with Crippen molar-refractivity contribution in [2.75, 3.05) is 13.2 Å². The minimum Gasteiger partial charge on any atom is -0.440 e. The molecule has 17 heavy (non-hydrogen) atoms. The van der Waals surface area contributed by atoms with Gasteiger partial charge in [-0.15, -0.1) is 0 Å². The average Bonchev–Trinajstić information content (AvgIpc) is 2.75. The molecule has 0 saturated carbocycles. The molecule has 1 saturated heterocycles. The van der Waals surface area contributed by atoms with Gasteiger partial charge in [-0.05, 0) is 37.1 Å². The Bertz CT molecular complexity index is 404. The molecule has 5 heteroatoms. The summed E-state index contributed by atoms with van der Waals surface area (Å²) in [5, 5.41) is 0.239. The Morgan fingerprint density at radius 1 is 1.59 bits per heavy atom. The van der Waals surface area contributed by atoms with Crippen LogP contribution in [-0.2, 0) is 4.74 Å². The summed E-state index contributed by atoms with van der Waals surface area (Å²) in [6.45, 7) is 5.17. The largest absolute Gasteiger partial charge is 0.440 e. The molecule has 4 nitrogen and oxygen atoms in total. The highest BCUT2D eigenvalue weighted by Gasteiger charge is 2.31. The molecule has 1 aliphatic heterocycles. The van der Waals surface area contributed by atoms with Crippen molar-refractivity contribution in [2.45, 2.75) is 32.4 Å². The molecule has 0 aromatic carbocycles. The van der Waals surface area contributed by atoms with Gasteiger partial charge in [0.2, 0.25) is 0 Å². The maximum Gasteiger partial charge on any atom is 0.290 e. The Hall–Kier alpha value is -1.00. The lowest BCUT2D eigenvalue weighted by Gasteiger charge is -2.37. The first-order valence-electron chi connectivity index (χ1n) is 5.79. The number of morpholine rings is 1. The Kier molecular flexibility index (Phi) is 3.74. The van der Waals surface area contributed by atoms with Crippen LogP contribution in [0.25, 0.3) is 0 Å². The van der Waals surface area contributed by atoms with Crippen LogP contribution in [0.5, 0.6) is 0 Å². The number of nitrogens with zero attached hydrogens (tertiary/aromatic N) is 1. The van der Waals surface area contributed by atoms with E-state index in [0.717, 1.165) is 6.42 Å². The van der Waals surface area contributed by atoms with Gasteiger partial charge in [0.1, 0.15) is 0 Å². The van der Waals surface area contributed by atoms with E-state index in [4.69, 9.17) is 20.8 Å². The van der Waals surface area contributed by atoms with E-state index in [2.05, 4.69) is 0 Å². The molecule has 2 atom stereocenters. The smallest absolute Gasteiger partial charge is 0.290 e. The van der Waals surface area contributed by atoms with E-state index in [1.165, 1.54) is 0 Å².